The van der Waals surface area contributed by atoms with Crippen LogP contribution in [0.5, 0.6) is 0 Å². The molecule has 1 saturated heterocycles. The number of hydrogen-bond acceptors (Lipinski definition) is 5. The van der Waals surface area contributed by atoms with Crippen LogP contribution in [0.2, 0.25) is 5.02 Å². The van der Waals surface area contributed by atoms with E-state index in [9.17, 15) is 9.59 Å². The number of carbonyl (C=O) groups is 2. The lowest BCUT2D eigenvalue weighted by molar-refractivity contribution is -0.142. The largest absolute Gasteiger partial charge is 0.343 e. The van der Waals surface area contributed by atoms with Crippen LogP contribution in [-0.2, 0) is 29.1 Å². The van der Waals surface area contributed by atoms with Gasteiger partial charge in [0.15, 0.2) is 0 Å². The van der Waals surface area contributed by atoms with Crippen LogP contribution >= 0.6 is 11.6 Å². The molecule has 0 aliphatic carbocycles. The number of benzene rings is 2. The van der Waals surface area contributed by atoms with Gasteiger partial charge < -0.3 is 9.80 Å². The number of likely N-dealkylation sites (tertiary alicyclic amines) is 1. The topological polar surface area (TPSA) is 111 Å². The Morgan fingerprint density at radius 2 is 1.86 bits per heavy atom. The van der Waals surface area contributed by atoms with Crippen LogP contribution in [0, 0.1) is 5.92 Å². The summed E-state index contributed by atoms with van der Waals surface area (Å²) < 4.78 is 0. The third kappa shape index (κ3) is 5.52. The van der Waals surface area contributed by atoms with Crippen LogP contribution in [0.1, 0.15) is 47.6 Å². The Kier molecular flexibility index (Phi) is 7.40. The van der Waals surface area contributed by atoms with Gasteiger partial charge in [0.2, 0.25) is 11.8 Å². The molecule has 3 aromatic heterocycles. The fourth-order valence-electron chi connectivity index (χ4n) is 6.52. The van der Waals surface area contributed by atoms with Crippen molar-refractivity contribution in [3.05, 3.63) is 101 Å². The predicted molar refractivity (Wildman–Crippen MR) is 164 cm³/mol. The molecule has 1 fully saturated rings. The van der Waals surface area contributed by atoms with E-state index in [1.165, 1.54) is 0 Å². The van der Waals surface area contributed by atoms with Crippen LogP contribution in [0.4, 0.5) is 0 Å². The van der Waals surface area contributed by atoms with Crippen molar-refractivity contribution in [2.24, 2.45) is 5.92 Å². The maximum Gasteiger partial charge on any atom is 0.227 e. The highest BCUT2D eigenvalue weighted by Crippen LogP contribution is 2.35. The van der Waals surface area contributed by atoms with Crippen molar-refractivity contribution < 1.29 is 9.59 Å². The SMILES string of the molecule is O=C(C[C@@H]1Cc2cc(Cl)c3[nH]ncc3c2CN(Cc2cccnc2)C1=O)N1CCC(c2cc(-c3ccccc3)n[nH]2)CC1. The molecule has 0 unspecified atom stereocenters. The molecule has 0 saturated carbocycles. The van der Waals surface area contributed by atoms with E-state index in [1.807, 2.05) is 46.2 Å². The molecule has 43 heavy (non-hydrogen) atoms. The van der Waals surface area contributed by atoms with Gasteiger partial charge in [-0.1, -0.05) is 48.0 Å². The number of nitrogens with one attached hydrogen (secondary N) is 2. The summed E-state index contributed by atoms with van der Waals surface area (Å²) in [6.07, 6.45) is 7.59. The monoisotopic (exact) mass is 593 g/mol. The van der Waals surface area contributed by atoms with Crippen molar-refractivity contribution in [2.75, 3.05) is 13.1 Å². The molecule has 2 aliphatic heterocycles. The van der Waals surface area contributed by atoms with E-state index in [2.05, 4.69) is 43.6 Å². The molecular formula is C33H32ClN7O2. The van der Waals surface area contributed by atoms with Crippen LogP contribution in [0.15, 0.2) is 73.2 Å². The molecule has 10 heteroatoms. The van der Waals surface area contributed by atoms with Crippen molar-refractivity contribution >= 4 is 34.3 Å². The molecule has 7 rings (SSSR count). The number of amides is 2. The summed E-state index contributed by atoms with van der Waals surface area (Å²) in [7, 11) is 0. The van der Waals surface area contributed by atoms with E-state index < -0.39 is 5.92 Å². The van der Waals surface area contributed by atoms with Crippen LogP contribution in [0.25, 0.3) is 22.2 Å². The quantitative estimate of drug-likeness (QED) is 0.270. The Bertz CT molecular complexity index is 1760. The number of carbonyl (C=O) groups excluding carboxylic acids is 2. The predicted octanol–water partition coefficient (Wildman–Crippen LogP) is 5.50. The first kappa shape index (κ1) is 27.3. The molecule has 2 aliphatic rings. The number of fused-ring (bicyclic) bond motifs is 3. The van der Waals surface area contributed by atoms with Gasteiger partial charge in [-0.2, -0.15) is 10.2 Å². The van der Waals surface area contributed by atoms with Gasteiger partial charge >= 0.3 is 0 Å². The van der Waals surface area contributed by atoms with Gasteiger partial charge in [0.1, 0.15) is 0 Å². The Morgan fingerprint density at radius 1 is 1.02 bits per heavy atom. The molecule has 0 radical (unpaired) electrons. The Morgan fingerprint density at radius 3 is 2.65 bits per heavy atom. The average molecular weight is 594 g/mol. The number of pyridine rings is 1. The number of piperidine rings is 1. The van der Waals surface area contributed by atoms with Gasteiger partial charge in [-0.15, -0.1) is 0 Å². The van der Waals surface area contributed by atoms with Gasteiger partial charge in [0.25, 0.3) is 0 Å². The maximum absolute atomic E-state index is 14.0. The standard InChI is InChI=1S/C33H32ClN7O2/c34-28-14-24-13-25(33(43)41(19-21-5-4-10-35-17-21)20-27(24)26-18-36-39-32(26)28)15-31(42)40-11-8-23(9-12-40)30-16-29(37-38-30)22-6-2-1-3-7-22/h1-7,10,14,16-18,23,25H,8-9,11-13,15,19-20H2,(H,36,39)(H,37,38)/t25-/m0/s1. The van der Waals surface area contributed by atoms with Gasteiger partial charge in [0.05, 0.1) is 28.3 Å². The minimum Gasteiger partial charge on any atom is -0.343 e. The van der Waals surface area contributed by atoms with E-state index >= 15 is 0 Å². The Labute approximate surface area is 254 Å². The molecular weight excluding hydrogens is 562 g/mol. The number of H-pyrrole nitrogens is 2. The average Bonchev–Trinajstić information content (AvgIpc) is 3.72. The van der Waals surface area contributed by atoms with E-state index in [1.54, 1.807) is 18.6 Å². The fourth-order valence-corrected chi connectivity index (χ4v) is 6.79. The Balaban J connectivity index is 1.07. The zero-order chi connectivity index (χ0) is 29.3. The van der Waals surface area contributed by atoms with Gasteiger partial charge in [-0.3, -0.25) is 24.8 Å². The summed E-state index contributed by atoms with van der Waals surface area (Å²) in [5.74, 6) is -0.173. The first-order chi connectivity index (χ1) is 21.0. The zero-order valence-electron chi connectivity index (χ0n) is 23.7. The van der Waals surface area contributed by atoms with Crippen molar-refractivity contribution in [1.82, 2.24) is 35.2 Å². The molecule has 2 N–H and O–H groups in total. The van der Waals surface area contributed by atoms with Crippen molar-refractivity contribution in [2.45, 2.75) is 44.7 Å². The normalized spacial score (nSPS) is 17.7. The molecule has 2 aromatic carbocycles. The lowest BCUT2D eigenvalue weighted by Crippen LogP contribution is -2.41. The molecule has 0 bridgehead atoms. The third-order valence-corrected chi connectivity index (χ3v) is 9.14. The first-order valence-electron chi connectivity index (χ1n) is 14.7. The number of halogens is 1. The molecule has 1 atom stereocenters. The van der Waals surface area contributed by atoms with E-state index in [0.717, 1.165) is 57.4 Å². The molecule has 5 aromatic rings. The van der Waals surface area contributed by atoms with Crippen molar-refractivity contribution in [3.63, 3.8) is 0 Å². The lowest BCUT2D eigenvalue weighted by Gasteiger charge is -2.32. The van der Waals surface area contributed by atoms with E-state index in [4.69, 9.17) is 11.6 Å². The van der Waals surface area contributed by atoms with E-state index in [-0.39, 0.29) is 18.2 Å². The minimum absolute atomic E-state index is 0.0200. The van der Waals surface area contributed by atoms with Crippen molar-refractivity contribution in [3.8, 4) is 11.3 Å². The third-order valence-electron chi connectivity index (χ3n) is 8.84. The second-order valence-electron chi connectivity index (χ2n) is 11.5. The first-order valence-corrected chi connectivity index (χ1v) is 15.1. The van der Waals surface area contributed by atoms with Crippen LogP contribution < -0.4 is 0 Å². The number of aromatic amines is 2. The lowest BCUT2D eigenvalue weighted by atomic mass is 9.90. The molecule has 0 spiro atoms. The summed E-state index contributed by atoms with van der Waals surface area (Å²) in [5.41, 5.74) is 6.85. The van der Waals surface area contributed by atoms with E-state index in [0.29, 0.717) is 43.5 Å². The smallest absolute Gasteiger partial charge is 0.227 e. The van der Waals surface area contributed by atoms with Gasteiger partial charge in [-0.25, -0.2) is 0 Å². The maximum atomic E-state index is 14.0. The minimum atomic E-state index is -0.482. The zero-order valence-corrected chi connectivity index (χ0v) is 24.4. The van der Waals surface area contributed by atoms with Crippen molar-refractivity contribution in [1.29, 1.82) is 0 Å². The molecule has 218 valence electrons. The van der Waals surface area contributed by atoms with Gasteiger partial charge in [0, 0.05) is 67.6 Å². The fraction of sp³-hybridized carbons (Fsp3) is 0.303. The molecule has 9 nitrogen and oxygen atoms in total. The summed E-state index contributed by atoms with van der Waals surface area (Å²) in [4.78, 5) is 35.7. The number of aromatic nitrogens is 5. The number of nitrogens with zero attached hydrogens (tertiary/aromatic N) is 5. The second-order valence-corrected chi connectivity index (χ2v) is 12.0. The van der Waals surface area contributed by atoms with Crippen LogP contribution in [0.3, 0.4) is 0 Å². The highest BCUT2D eigenvalue weighted by atomic mass is 35.5. The number of rotatable bonds is 6. The van der Waals surface area contributed by atoms with Crippen LogP contribution in [-0.4, -0.2) is 60.1 Å². The summed E-state index contributed by atoms with van der Waals surface area (Å²) in [6, 6.07) is 18.0. The molecule has 5 heterocycles. The van der Waals surface area contributed by atoms with Gasteiger partial charge in [-0.05, 0) is 54.2 Å². The molecule has 2 amide bonds. The second kappa shape index (κ2) is 11.6. The summed E-state index contributed by atoms with van der Waals surface area (Å²) in [5, 5.41) is 16.4. The summed E-state index contributed by atoms with van der Waals surface area (Å²) in [6.45, 7) is 2.14. The highest BCUT2D eigenvalue weighted by molar-refractivity contribution is 6.35. The number of hydrogen-bond donors (Lipinski definition) is 2. The Hall–Kier alpha value is -4.50. The summed E-state index contributed by atoms with van der Waals surface area (Å²) >= 11 is 6.61. The highest BCUT2D eigenvalue weighted by Gasteiger charge is 2.35.